The Morgan fingerprint density at radius 3 is 2.67 bits per heavy atom. The summed E-state index contributed by atoms with van der Waals surface area (Å²) in [5.41, 5.74) is 1.18. The van der Waals surface area contributed by atoms with E-state index in [4.69, 9.17) is 5.11 Å². The lowest BCUT2D eigenvalue weighted by molar-refractivity contribution is -0.148. The van der Waals surface area contributed by atoms with Gasteiger partial charge in [-0.25, -0.2) is 4.79 Å². The summed E-state index contributed by atoms with van der Waals surface area (Å²) in [5.74, 6) is -1.64. The number of nitrogens with zero attached hydrogens (tertiary/aromatic N) is 4. The van der Waals surface area contributed by atoms with Crippen LogP contribution in [0.4, 0.5) is 4.79 Å². The lowest BCUT2D eigenvalue weighted by atomic mass is 10.1. The van der Waals surface area contributed by atoms with Gasteiger partial charge in [0, 0.05) is 26.7 Å². The molecule has 4 rings (SSSR count). The van der Waals surface area contributed by atoms with E-state index in [1.807, 2.05) is 18.2 Å². The van der Waals surface area contributed by atoms with Crippen LogP contribution in [0.3, 0.4) is 0 Å². The summed E-state index contributed by atoms with van der Waals surface area (Å²) in [6.07, 6.45) is 0.271. The van der Waals surface area contributed by atoms with Gasteiger partial charge in [-0.1, -0.05) is 30.3 Å². The molecule has 0 radical (unpaired) electrons. The fraction of sp³-hybridized carbons (Fsp3) is 0.500. The largest absolute Gasteiger partial charge is 0.480 e. The Morgan fingerprint density at radius 1 is 1.22 bits per heavy atom. The molecule has 9 nitrogen and oxygen atoms in total. The number of likely N-dealkylation sites (N-methyl/N-ethyl adjacent to an activating group) is 1. The van der Waals surface area contributed by atoms with Crippen LogP contribution >= 0.6 is 0 Å². The number of imide groups is 1. The van der Waals surface area contributed by atoms with E-state index in [2.05, 4.69) is 27.2 Å². The third kappa shape index (κ3) is 3.07. The van der Waals surface area contributed by atoms with E-state index in [-0.39, 0.29) is 6.29 Å². The van der Waals surface area contributed by atoms with Crippen LogP contribution in [0.15, 0.2) is 30.3 Å². The van der Waals surface area contributed by atoms with E-state index in [1.165, 1.54) is 10.5 Å². The summed E-state index contributed by atoms with van der Waals surface area (Å²) in [6.45, 7) is 1.72. The number of carboxylic acid groups (broad SMARTS) is 1. The van der Waals surface area contributed by atoms with Gasteiger partial charge in [0.1, 0.15) is 25.0 Å². The van der Waals surface area contributed by atoms with Gasteiger partial charge in [0.25, 0.3) is 5.91 Å². The number of rotatable bonds is 4. The molecule has 0 bridgehead atoms. The SMILES string of the molecule is CN1C(=O)N(CC(=O)O)C(=O)C2C1NC1N(Cc3ccccc3)CCCN21. The molecule has 144 valence electrons. The number of benzene rings is 1. The minimum atomic E-state index is -1.20. The van der Waals surface area contributed by atoms with Crippen LogP contribution in [0.1, 0.15) is 12.0 Å². The van der Waals surface area contributed by atoms with Gasteiger partial charge in [-0.15, -0.1) is 0 Å². The second-order valence-electron chi connectivity index (χ2n) is 7.19. The monoisotopic (exact) mass is 373 g/mol. The van der Waals surface area contributed by atoms with E-state index in [1.54, 1.807) is 7.05 Å². The number of fused-ring (bicyclic) bond motifs is 3. The van der Waals surface area contributed by atoms with Crippen LogP contribution in [0.5, 0.6) is 0 Å². The van der Waals surface area contributed by atoms with Crippen molar-refractivity contribution in [3.63, 3.8) is 0 Å². The molecular formula is C18H23N5O4. The Hall–Kier alpha value is -2.49. The maximum atomic E-state index is 12.9. The van der Waals surface area contributed by atoms with Gasteiger partial charge in [0.2, 0.25) is 0 Å². The zero-order valence-corrected chi connectivity index (χ0v) is 15.1. The molecule has 3 fully saturated rings. The van der Waals surface area contributed by atoms with Crippen LogP contribution in [-0.2, 0) is 16.1 Å². The fourth-order valence-electron chi connectivity index (χ4n) is 4.26. The first-order valence-corrected chi connectivity index (χ1v) is 9.07. The third-order valence-corrected chi connectivity index (χ3v) is 5.49. The van der Waals surface area contributed by atoms with Crippen LogP contribution < -0.4 is 5.32 Å². The van der Waals surface area contributed by atoms with Crippen LogP contribution in [0, 0.1) is 0 Å². The van der Waals surface area contributed by atoms with Gasteiger partial charge >= 0.3 is 12.0 Å². The highest BCUT2D eigenvalue weighted by atomic mass is 16.4. The molecule has 3 atom stereocenters. The molecule has 3 amide bonds. The molecule has 3 aliphatic heterocycles. The first kappa shape index (κ1) is 17.9. The van der Waals surface area contributed by atoms with Crippen molar-refractivity contribution in [1.29, 1.82) is 0 Å². The maximum Gasteiger partial charge on any atom is 0.328 e. The van der Waals surface area contributed by atoms with Crippen molar-refractivity contribution in [2.45, 2.75) is 31.5 Å². The first-order valence-electron chi connectivity index (χ1n) is 9.07. The van der Waals surface area contributed by atoms with Gasteiger partial charge in [-0.05, 0) is 12.0 Å². The van der Waals surface area contributed by atoms with Gasteiger partial charge in [0.15, 0.2) is 0 Å². The average molecular weight is 373 g/mol. The number of nitrogens with one attached hydrogen (secondary N) is 1. The van der Waals surface area contributed by atoms with E-state index < -0.39 is 36.7 Å². The molecule has 0 spiro atoms. The van der Waals surface area contributed by atoms with Crippen molar-refractivity contribution in [1.82, 2.24) is 24.9 Å². The molecule has 0 aliphatic carbocycles. The number of hydrogen-bond donors (Lipinski definition) is 2. The maximum absolute atomic E-state index is 12.9. The van der Waals surface area contributed by atoms with E-state index in [0.717, 1.165) is 31.0 Å². The number of amides is 3. The molecule has 3 saturated heterocycles. The summed E-state index contributed by atoms with van der Waals surface area (Å²) in [5, 5.41) is 12.5. The average Bonchev–Trinajstić information content (AvgIpc) is 3.05. The number of urea groups is 1. The summed E-state index contributed by atoms with van der Waals surface area (Å²) >= 11 is 0. The smallest absolute Gasteiger partial charge is 0.328 e. The molecule has 3 aliphatic rings. The van der Waals surface area contributed by atoms with Crippen LogP contribution in [0.25, 0.3) is 0 Å². The van der Waals surface area contributed by atoms with Gasteiger partial charge < -0.3 is 10.0 Å². The molecule has 1 aromatic rings. The highest BCUT2D eigenvalue weighted by Gasteiger charge is 2.56. The summed E-state index contributed by atoms with van der Waals surface area (Å²) in [6, 6.07) is 8.95. The highest BCUT2D eigenvalue weighted by molar-refractivity contribution is 6.02. The Balaban J connectivity index is 1.58. The molecular weight excluding hydrogens is 350 g/mol. The Bertz CT molecular complexity index is 757. The Labute approximate surface area is 157 Å². The van der Waals surface area contributed by atoms with Crippen molar-refractivity contribution in [3.8, 4) is 0 Å². The fourth-order valence-corrected chi connectivity index (χ4v) is 4.26. The first-order chi connectivity index (χ1) is 13.0. The summed E-state index contributed by atoms with van der Waals surface area (Å²) in [7, 11) is 1.61. The van der Waals surface area contributed by atoms with E-state index in [0.29, 0.717) is 0 Å². The highest BCUT2D eigenvalue weighted by Crippen LogP contribution is 2.31. The number of aliphatic carboxylic acids is 1. The van der Waals surface area contributed by atoms with Crippen molar-refractivity contribution < 1.29 is 19.5 Å². The lowest BCUT2D eigenvalue weighted by Crippen LogP contribution is -2.66. The topological polar surface area (TPSA) is 96.4 Å². The van der Waals surface area contributed by atoms with Gasteiger partial charge in [-0.3, -0.25) is 29.6 Å². The Morgan fingerprint density at radius 2 is 1.96 bits per heavy atom. The Kier molecular flexibility index (Phi) is 4.58. The molecule has 27 heavy (non-hydrogen) atoms. The number of hydrogen-bond acceptors (Lipinski definition) is 6. The van der Waals surface area contributed by atoms with Crippen LogP contribution in [-0.4, -0.2) is 87.8 Å². The summed E-state index contributed by atoms with van der Waals surface area (Å²) < 4.78 is 0. The van der Waals surface area contributed by atoms with Crippen molar-refractivity contribution in [2.24, 2.45) is 0 Å². The quantitative estimate of drug-likeness (QED) is 0.752. The standard InChI is InChI=1S/C18H23N5O4/c1-20-15-14(16(26)23(18(20)27)11-13(24)25)22-9-5-8-21(17(22)19-15)10-12-6-3-2-4-7-12/h2-4,6-7,14-15,17,19H,5,8-11H2,1H3,(H,24,25). The van der Waals surface area contributed by atoms with Gasteiger partial charge in [0.05, 0.1) is 0 Å². The number of carbonyl (C=O) groups is 3. The predicted molar refractivity (Wildman–Crippen MR) is 95.2 cm³/mol. The lowest BCUT2D eigenvalue weighted by Gasteiger charge is -2.43. The molecule has 3 heterocycles. The molecule has 1 aromatic carbocycles. The third-order valence-electron chi connectivity index (χ3n) is 5.49. The zero-order chi connectivity index (χ0) is 19.1. The normalized spacial score (nSPS) is 29.0. The van der Waals surface area contributed by atoms with E-state index in [9.17, 15) is 14.4 Å². The van der Waals surface area contributed by atoms with Crippen molar-refractivity contribution in [2.75, 3.05) is 26.7 Å². The number of carbonyl (C=O) groups excluding carboxylic acids is 2. The molecule has 9 heteroatoms. The molecule has 0 aromatic heterocycles. The second kappa shape index (κ2) is 6.91. The van der Waals surface area contributed by atoms with Crippen molar-refractivity contribution >= 4 is 17.9 Å². The molecule has 3 unspecified atom stereocenters. The van der Waals surface area contributed by atoms with Crippen LogP contribution in [0.2, 0.25) is 0 Å². The van der Waals surface area contributed by atoms with Crippen molar-refractivity contribution in [3.05, 3.63) is 35.9 Å². The molecule has 0 saturated carbocycles. The minimum absolute atomic E-state index is 0.169. The number of carboxylic acids is 1. The second-order valence-corrected chi connectivity index (χ2v) is 7.19. The predicted octanol–water partition coefficient (Wildman–Crippen LogP) is -0.246. The van der Waals surface area contributed by atoms with E-state index >= 15 is 0 Å². The van der Waals surface area contributed by atoms with Gasteiger partial charge in [-0.2, -0.15) is 0 Å². The minimum Gasteiger partial charge on any atom is -0.480 e. The molecule has 2 N–H and O–H groups in total. The zero-order valence-electron chi connectivity index (χ0n) is 15.1. The summed E-state index contributed by atoms with van der Waals surface area (Å²) in [4.78, 5) is 43.1.